The van der Waals surface area contributed by atoms with Gasteiger partial charge >= 0.3 is 0 Å². The predicted octanol–water partition coefficient (Wildman–Crippen LogP) is 0.844. The van der Waals surface area contributed by atoms with Crippen LogP contribution in [0.15, 0.2) is 30.9 Å². The summed E-state index contributed by atoms with van der Waals surface area (Å²) < 4.78 is 1.95. The summed E-state index contributed by atoms with van der Waals surface area (Å²) in [5, 5.41) is 11.9. The summed E-state index contributed by atoms with van der Waals surface area (Å²) in [5.74, 6) is 0.649. The van der Waals surface area contributed by atoms with Crippen LogP contribution in [0, 0.1) is 11.3 Å². The molecule has 3 N–H and O–H groups in total. The number of nitrogens with two attached hydrogens (primary N) is 1. The maximum Gasteiger partial charge on any atom is 0.165 e. The molecule has 0 bridgehead atoms. The zero-order valence-corrected chi connectivity index (χ0v) is 9.17. The van der Waals surface area contributed by atoms with Crippen molar-refractivity contribution in [2.45, 2.75) is 6.54 Å². The van der Waals surface area contributed by atoms with Crippen LogP contribution in [0.4, 0.5) is 11.5 Å². The maximum atomic E-state index is 8.79. The Balaban J connectivity index is 1.93. The molecule has 0 fully saturated rings. The average Bonchev–Trinajstić information content (AvgIpc) is 2.84. The first-order valence-electron chi connectivity index (χ1n) is 5.16. The highest BCUT2D eigenvalue weighted by Crippen LogP contribution is 2.11. The maximum absolute atomic E-state index is 8.79. The molecule has 2 aromatic rings. The van der Waals surface area contributed by atoms with Gasteiger partial charge in [-0.3, -0.25) is 0 Å². The van der Waals surface area contributed by atoms with Gasteiger partial charge in [0.25, 0.3) is 0 Å². The smallest absolute Gasteiger partial charge is 0.165 e. The standard InChI is InChI=1S/C11H12N6/c12-7-10-9(13)1-2-11(16-10)15-4-6-17-5-3-14-8-17/h1-3,5,8H,4,6,13H2,(H,15,16). The van der Waals surface area contributed by atoms with Gasteiger partial charge in [0.1, 0.15) is 11.9 Å². The van der Waals surface area contributed by atoms with Crippen LogP contribution in [0.25, 0.3) is 0 Å². The van der Waals surface area contributed by atoms with Gasteiger partial charge in [0.05, 0.1) is 12.0 Å². The van der Waals surface area contributed by atoms with Gasteiger partial charge in [-0.25, -0.2) is 9.97 Å². The zero-order valence-electron chi connectivity index (χ0n) is 9.17. The molecule has 2 heterocycles. The highest BCUT2D eigenvalue weighted by atomic mass is 15.1. The van der Waals surface area contributed by atoms with Crippen LogP contribution in [0.1, 0.15) is 5.69 Å². The van der Waals surface area contributed by atoms with Crippen molar-refractivity contribution >= 4 is 11.5 Å². The highest BCUT2D eigenvalue weighted by Gasteiger charge is 2.01. The quantitative estimate of drug-likeness (QED) is 0.809. The molecule has 0 radical (unpaired) electrons. The van der Waals surface area contributed by atoms with E-state index >= 15 is 0 Å². The van der Waals surface area contributed by atoms with Gasteiger partial charge in [-0.15, -0.1) is 0 Å². The van der Waals surface area contributed by atoms with Crippen LogP contribution >= 0.6 is 0 Å². The fourth-order valence-electron chi connectivity index (χ4n) is 1.39. The Labute approximate surface area is 98.7 Å². The Bertz CT molecular complexity index is 525. The van der Waals surface area contributed by atoms with Crippen LogP contribution in [0.5, 0.6) is 0 Å². The Morgan fingerprint density at radius 3 is 3.06 bits per heavy atom. The van der Waals surface area contributed by atoms with Crippen molar-refractivity contribution in [3.63, 3.8) is 0 Å². The number of rotatable bonds is 4. The van der Waals surface area contributed by atoms with Crippen LogP contribution in [0.3, 0.4) is 0 Å². The molecule has 2 aromatic heterocycles. The summed E-state index contributed by atoms with van der Waals surface area (Å²) in [7, 11) is 0. The Morgan fingerprint density at radius 2 is 2.35 bits per heavy atom. The first-order valence-corrected chi connectivity index (χ1v) is 5.16. The topological polar surface area (TPSA) is 92.5 Å². The SMILES string of the molecule is N#Cc1nc(NCCn2ccnc2)ccc1N. The van der Waals surface area contributed by atoms with Crippen molar-refractivity contribution in [1.82, 2.24) is 14.5 Å². The zero-order chi connectivity index (χ0) is 12.1. The van der Waals surface area contributed by atoms with E-state index in [-0.39, 0.29) is 5.69 Å². The molecule has 0 aromatic carbocycles. The van der Waals surface area contributed by atoms with Crippen molar-refractivity contribution in [2.24, 2.45) is 0 Å². The molecule has 6 heteroatoms. The normalized spacial score (nSPS) is 9.82. The summed E-state index contributed by atoms with van der Waals surface area (Å²) in [6.45, 7) is 1.49. The molecule has 0 unspecified atom stereocenters. The van der Waals surface area contributed by atoms with Gasteiger partial charge in [-0.1, -0.05) is 0 Å². The monoisotopic (exact) mass is 228 g/mol. The minimum absolute atomic E-state index is 0.248. The molecule has 86 valence electrons. The van der Waals surface area contributed by atoms with E-state index < -0.39 is 0 Å². The fraction of sp³-hybridized carbons (Fsp3) is 0.182. The number of nitrogens with one attached hydrogen (secondary N) is 1. The molecular weight excluding hydrogens is 216 g/mol. The number of nitriles is 1. The lowest BCUT2D eigenvalue weighted by atomic mass is 10.3. The molecule has 0 saturated heterocycles. The molecule has 0 aliphatic heterocycles. The second kappa shape index (κ2) is 4.99. The number of pyridine rings is 1. The third kappa shape index (κ3) is 2.72. The van der Waals surface area contributed by atoms with Gasteiger partial charge in [0.15, 0.2) is 5.69 Å². The first kappa shape index (κ1) is 11.0. The van der Waals surface area contributed by atoms with Gasteiger partial charge in [-0.05, 0) is 12.1 Å². The number of hydrogen-bond acceptors (Lipinski definition) is 5. The molecule has 0 atom stereocenters. The van der Waals surface area contributed by atoms with Gasteiger partial charge in [-0.2, -0.15) is 5.26 Å². The molecule has 2 rings (SSSR count). The molecule has 17 heavy (non-hydrogen) atoms. The van der Waals surface area contributed by atoms with E-state index in [4.69, 9.17) is 11.0 Å². The average molecular weight is 228 g/mol. The number of nitrogens with zero attached hydrogens (tertiary/aromatic N) is 4. The van der Waals surface area contributed by atoms with E-state index in [1.165, 1.54) is 0 Å². The van der Waals surface area contributed by atoms with E-state index in [0.29, 0.717) is 18.1 Å². The van der Waals surface area contributed by atoms with Crippen LogP contribution in [0.2, 0.25) is 0 Å². The third-order valence-electron chi connectivity index (χ3n) is 2.27. The number of aromatic nitrogens is 3. The minimum atomic E-state index is 0.248. The van der Waals surface area contributed by atoms with Crippen LogP contribution in [-0.2, 0) is 6.54 Å². The molecule has 0 spiro atoms. The number of hydrogen-bond donors (Lipinski definition) is 2. The van der Waals surface area contributed by atoms with E-state index in [9.17, 15) is 0 Å². The molecule has 0 amide bonds. The lowest BCUT2D eigenvalue weighted by Gasteiger charge is -2.07. The van der Waals surface area contributed by atoms with Crippen molar-refractivity contribution in [3.8, 4) is 6.07 Å². The van der Waals surface area contributed by atoms with Gasteiger partial charge in [0, 0.05) is 25.5 Å². The Morgan fingerprint density at radius 1 is 1.47 bits per heavy atom. The first-order chi connectivity index (χ1) is 8.29. The van der Waals surface area contributed by atoms with E-state index in [0.717, 1.165) is 6.54 Å². The highest BCUT2D eigenvalue weighted by molar-refractivity contribution is 5.54. The predicted molar refractivity (Wildman–Crippen MR) is 64.1 cm³/mol. The Kier molecular flexibility index (Phi) is 3.21. The van der Waals surface area contributed by atoms with Crippen molar-refractivity contribution < 1.29 is 0 Å². The van der Waals surface area contributed by atoms with Crippen molar-refractivity contribution in [2.75, 3.05) is 17.6 Å². The van der Waals surface area contributed by atoms with Crippen molar-refractivity contribution in [3.05, 3.63) is 36.5 Å². The molecule has 0 aliphatic rings. The second-order valence-corrected chi connectivity index (χ2v) is 3.47. The lowest BCUT2D eigenvalue weighted by molar-refractivity contribution is 0.725. The van der Waals surface area contributed by atoms with Gasteiger partial charge in [0.2, 0.25) is 0 Å². The molecule has 6 nitrogen and oxygen atoms in total. The lowest BCUT2D eigenvalue weighted by Crippen LogP contribution is -2.10. The van der Waals surface area contributed by atoms with Crippen LogP contribution in [-0.4, -0.2) is 21.1 Å². The number of anilines is 2. The van der Waals surface area contributed by atoms with Crippen LogP contribution < -0.4 is 11.1 Å². The summed E-state index contributed by atoms with van der Waals surface area (Å²) in [6.07, 6.45) is 5.37. The second-order valence-electron chi connectivity index (χ2n) is 3.47. The van der Waals surface area contributed by atoms with E-state index in [1.54, 1.807) is 24.7 Å². The van der Waals surface area contributed by atoms with E-state index in [1.807, 2.05) is 16.8 Å². The summed E-state index contributed by atoms with van der Waals surface area (Å²) in [5.41, 5.74) is 6.22. The number of nitrogen functional groups attached to an aromatic ring is 1. The van der Waals surface area contributed by atoms with Crippen molar-refractivity contribution in [1.29, 1.82) is 5.26 Å². The third-order valence-corrected chi connectivity index (χ3v) is 2.27. The molecule has 0 aliphatic carbocycles. The summed E-state index contributed by atoms with van der Waals surface area (Å²) >= 11 is 0. The fourth-order valence-corrected chi connectivity index (χ4v) is 1.39. The number of imidazole rings is 1. The van der Waals surface area contributed by atoms with Gasteiger partial charge < -0.3 is 15.6 Å². The Hall–Kier alpha value is -2.55. The van der Waals surface area contributed by atoms with E-state index in [2.05, 4.69) is 15.3 Å². The molecular formula is C11H12N6. The summed E-state index contributed by atoms with van der Waals surface area (Å²) in [4.78, 5) is 8.03. The minimum Gasteiger partial charge on any atom is -0.396 e. The summed E-state index contributed by atoms with van der Waals surface area (Å²) in [6, 6.07) is 5.37. The molecule has 0 saturated carbocycles. The largest absolute Gasteiger partial charge is 0.396 e.